The maximum atomic E-state index is 12.9. The second-order valence-electron chi connectivity index (χ2n) is 6.55. The number of fused-ring (bicyclic) bond motifs is 1. The van der Waals surface area contributed by atoms with Crippen LogP contribution < -0.4 is 10.9 Å². The lowest BCUT2D eigenvalue weighted by Crippen LogP contribution is -2.25. The normalized spacial score (nSPS) is 10.8. The number of aryl methyl sites for hydroxylation is 1. The summed E-state index contributed by atoms with van der Waals surface area (Å²) < 4.78 is 5.47. The molecule has 0 aliphatic rings. The molecule has 2 aromatic heterocycles. The van der Waals surface area contributed by atoms with Crippen molar-refractivity contribution in [1.82, 2.24) is 10.3 Å². The molecular weight excluding hydrogens is 352 g/mol. The highest BCUT2D eigenvalue weighted by Gasteiger charge is 2.21. The molecule has 0 bridgehead atoms. The van der Waals surface area contributed by atoms with Crippen LogP contribution in [0.5, 0.6) is 0 Å². The molecule has 0 radical (unpaired) electrons. The monoisotopic (exact) mass is 370 g/mol. The molecule has 0 fully saturated rings. The summed E-state index contributed by atoms with van der Waals surface area (Å²) in [7, 11) is 0. The molecule has 28 heavy (non-hydrogen) atoms. The fourth-order valence-corrected chi connectivity index (χ4v) is 3.13. The van der Waals surface area contributed by atoms with Gasteiger partial charge in [-0.15, -0.1) is 0 Å². The van der Waals surface area contributed by atoms with Crippen LogP contribution in [0.3, 0.4) is 0 Å². The molecule has 5 heteroatoms. The summed E-state index contributed by atoms with van der Waals surface area (Å²) in [5, 5.41) is 3.95. The van der Waals surface area contributed by atoms with E-state index in [0.29, 0.717) is 16.3 Å². The van der Waals surface area contributed by atoms with Gasteiger partial charge in [-0.1, -0.05) is 54.1 Å². The van der Waals surface area contributed by atoms with Gasteiger partial charge in [-0.3, -0.25) is 9.78 Å². The summed E-state index contributed by atoms with van der Waals surface area (Å²) in [4.78, 5) is 29.4. The Bertz CT molecular complexity index is 1200. The number of benzene rings is 2. The maximum Gasteiger partial charge on any atom is 0.344 e. The number of nitrogens with one attached hydrogen (secondary N) is 1. The van der Waals surface area contributed by atoms with Gasteiger partial charge < -0.3 is 9.73 Å². The minimum Gasteiger partial charge on any atom is -0.416 e. The third-order valence-electron chi connectivity index (χ3n) is 4.56. The first kappa shape index (κ1) is 17.7. The van der Waals surface area contributed by atoms with E-state index in [1.807, 2.05) is 49.4 Å². The van der Waals surface area contributed by atoms with E-state index >= 15 is 0 Å². The average Bonchev–Trinajstić information content (AvgIpc) is 2.73. The van der Waals surface area contributed by atoms with Gasteiger partial charge in [0.15, 0.2) is 0 Å². The highest BCUT2D eigenvalue weighted by molar-refractivity contribution is 6.07. The molecule has 138 valence electrons. The van der Waals surface area contributed by atoms with Crippen LogP contribution in [0.15, 0.2) is 82.3 Å². The Morgan fingerprint density at radius 2 is 1.75 bits per heavy atom. The minimum absolute atomic E-state index is 0.0106. The predicted octanol–water partition coefficient (Wildman–Crippen LogP) is 4.09. The highest BCUT2D eigenvalue weighted by atomic mass is 16.4. The fraction of sp³-hybridized carbons (Fsp3) is 0.0870. The van der Waals surface area contributed by atoms with Gasteiger partial charge in [-0.05, 0) is 30.2 Å². The molecule has 4 aromatic rings. The van der Waals surface area contributed by atoms with E-state index in [1.165, 1.54) is 0 Å². The van der Waals surface area contributed by atoms with E-state index in [2.05, 4.69) is 10.3 Å². The molecule has 1 amide bonds. The second kappa shape index (κ2) is 7.48. The van der Waals surface area contributed by atoms with Gasteiger partial charge in [0.25, 0.3) is 5.91 Å². The predicted molar refractivity (Wildman–Crippen MR) is 108 cm³/mol. The number of carbonyl (C=O) groups excluding carboxylic acids is 1. The Morgan fingerprint density at radius 3 is 2.46 bits per heavy atom. The first-order chi connectivity index (χ1) is 13.6. The van der Waals surface area contributed by atoms with Crippen LogP contribution in [0, 0.1) is 6.92 Å². The van der Waals surface area contributed by atoms with Gasteiger partial charge in [0.2, 0.25) is 5.76 Å². The number of rotatable bonds is 4. The van der Waals surface area contributed by atoms with Crippen molar-refractivity contribution in [1.29, 1.82) is 0 Å². The summed E-state index contributed by atoms with van der Waals surface area (Å²) >= 11 is 0. The van der Waals surface area contributed by atoms with Crippen molar-refractivity contribution in [3.05, 3.63) is 100 Å². The molecular formula is C23H18N2O3. The third-order valence-corrected chi connectivity index (χ3v) is 4.56. The van der Waals surface area contributed by atoms with E-state index in [4.69, 9.17) is 4.42 Å². The van der Waals surface area contributed by atoms with E-state index in [-0.39, 0.29) is 12.3 Å². The topological polar surface area (TPSA) is 72.2 Å². The minimum atomic E-state index is -0.530. The van der Waals surface area contributed by atoms with E-state index < -0.39 is 11.5 Å². The van der Waals surface area contributed by atoms with Crippen LogP contribution in [0.1, 0.15) is 21.7 Å². The second-order valence-corrected chi connectivity index (χ2v) is 6.55. The largest absolute Gasteiger partial charge is 0.416 e. The lowest BCUT2D eigenvalue weighted by atomic mass is 9.97. The van der Waals surface area contributed by atoms with Crippen molar-refractivity contribution < 1.29 is 9.21 Å². The lowest BCUT2D eigenvalue weighted by Gasteiger charge is -2.12. The summed E-state index contributed by atoms with van der Waals surface area (Å²) in [5.74, 6) is -0.432. The van der Waals surface area contributed by atoms with Crippen molar-refractivity contribution in [2.45, 2.75) is 13.5 Å². The third kappa shape index (κ3) is 3.42. The van der Waals surface area contributed by atoms with Crippen LogP contribution >= 0.6 is 0 Å². The van der Waals surface area contributed by atoms with Gasteiger partial charge in [-0.2, -0.15) is 0 Å². The Balaban J connectivity index is 1.82. The van der Waals surface area contributed by atoms with Gasteiger partial charge in [0.1, 0.15) is 0 Å². The number of amides is 1. The molecule has 0 saturated carbocycles. The van der Waals surface area contributed by atoms with Crippen LogP contribution in [0.4, 0.5) is 0 Å². The van der Waals surface area contributed by atoms with Crippen molar-refractivity contribution in [3.63, 3.8) is 0 Å². The van der Waals surface area contributed by atoms with Crippen molar-refractivity contribution in [2.75, 3.05) is 0 Å². The Morgan fingerprint density at radius 1 is 1.00 bits per heavy atom. The van der Waals surface area contributed by atoms with Crippen LogP contribution in [-0.4, -0.2) is 10.9 Å². The Labute approximate surface area is 161 Å². The number of nitrogens with zero attached hydrogens (tertiary/aromatic N) is 1. The lowest BCUT2D eigenvalue weighted by molar-refractivity contribution is 0.0920. The molecule has 0 atom stereocenters. The SMILES string of the molecule is Cc1ccc(-c2c(C(=O)NCc3cccnc3)oc(=O)c3ccccc23)cc1. The summed E-state index contributed by atoms with van der Waals surface area (Å²) in [6.45, 7) is 2.28. The van der Waals surface area contributed by atoms with Gasteiger partial charge in [0.05, 0.1) is 5.39 Å². The Kier molecular flexibility index (Phi) is 4.72. The molecule has 4 rings (SSSR count). The molecule has 5 nitrogen and oxygen atoms in total. The van der Waals surface area contributed by atoms with E-state index in [1.54, 1.807) is 30.6 Å². The number of hydrogen-bond acceptors (Lipinski definition) is 4. The van der Waals surface area contributed by atoms with Crippen LogP contribution in [0.25, 0.3) is 21.9 Å². The number of carbonyl (C=O) groups is 1. The number of hydrogen-bond donors (Lipinski definition) is 1. The summed E-state index contributed by atoms with van der Waals surface area (Å²) in [5.41, 5.74) is 2.86. The number of aromatic nitrogens is 1. The molecule has 2 aromatic carbocycles. The van der Waals surface area contributed by atoms with E-state index in [9.17, 15) is 9.59 Å². The molecule has 0 saturated heterocycles. The smallest absolute Gasteiger partial charge is 0.344 e. The van der Waals surface area contributed by atoms with Crippen LogP contribution in [-0.2, 0) is 6.54 Å². The van der Waals surface area contributed by atoms with Gasteiger partial charge in [-0.25, -0.2) is 4.79 Å². The molecule has 0 aliphatic carbocycles. The maximum absolute atomic E-state index is 12.9. The van der Waals surface area contributed by atoms with Crippen molar-refractivity contribution >= 4 is 16.7 Å². The molecule has 1 N–H and O–H groups in total. The molecule has 0 spiro atoms. The highest BCUT2D eigenvalue weighted by Crippen LogP contribution is 2.31. The van der Waals surface area contributed by atoms with Crippen molar-refractivity contribution in [3.8, 4) is 11.1 Å². The van der Waals surface area contributed by atoms with Crippen LogP contribution in [0.2, 0.25) is 0 Å². The average molecular weight is 370 g/mol. The Hall–Kier alpha value is -3.73. The van der Waals surface area contributed by atoms with Gasteiger partial charge in [0, 0.05) is 29.9 Å². The molecule has 2 heterocycles. The fourth-order valence-electron chi connectivity index (χ4n) is 3.13. The van der Waals surface area contributed by atoms with E-state index in [0.717, 1.165) is 16.7 Å². The zero-order chi connectivity index (χ0) is 19.5. The zero-order valence-electron chi connectivity index (χ0n) is 15.3. The first-order valence-corrected chi connectivity index (χ1v) is 8.93. The molecule has 0 unspecified atom stereocenters. The van der Waals surface area contributed by atoms with Crippen molar-refractivity contribution in [2.24, 2.45) is 0 Å². The molecule has 0 aliphatic heterocycles. The number of pyridine rings is 1. The summed E-state index contributed by atoms with van der Waals surface area (Å²) in [6.07, 6.45) is 3.35. The zero-order valence-corrected chi connectivity index (χ0v) is 15.3. The standard InChI is InChI=1S/C23H18N2O3/c1-15-8-10-17(11-9-15)20-18-6-2-3-7-19(18)23(27)28-21(20)22(26)25-14-16-5-4-12-24-13-16/h2-13H,14H2,1H3,(H,25,26). The van der Waals surface area contributed by atoms with Gasteiger partial charge >= 0.3 is 5.63 Å². The quantitative estimate of drug-likeness (QED) is 0.587. The first-order valence-electron chi connectivity index (χ1n) is 8.93. The summed E-state index contributed by atoms with van der Waals surface area (Å²) in [6, 6.07) is 18.6.